The second-order valence-corrected chi connectivity index (χ2v) is 14.3. The molecule has 1 N–H and O–H groups in total. The third-order valence-corrected chi connectivity index (χ3v) is 10.3. The molecule has 1 aliphatic heterocycles. The van der Waals surface area contributed by atoms with E-state index < -0.39 is 72.6 Å². The molecule has 6 aromatic rings. The van der Waals surface area contributed by atoms with Crippen molar-refractivity contribution in [3.63, 3.8) is 0 Å². The first-order chi connectivity index (χ1) is 27.9. The van der Waals surface area contributed by atoms with Crippen LogP contribution in [0.4, 0.5) is 5.82 Å². The molecule has 0 unspecified atom stereocenters. The minimum atomic E-state index is -1.27. The van der Waals surface area contributed by atoms with Crippen LogP contribution in [0, 0.1) is 0 Å². The van der Waals surface area contributed by atoms with Gasteiger partial charge in [-0.25, -0.2) is 15.0 Å². The summed E-state index contributed by atoms with van der Waals surface area (Å²) in [5, 5.41) is 9.11. The maximum atomic E-state index is 12.9. The van der Waals surface area contributed by atoms with E-state index in [9.17, 15) is 24.0 Å². The highest BCUT2D eigenvalue weighted by atomic mass is 16.6. The lowest BCUT2D eigenvalue weighted by Gasteiger charge is -2.42. The molecule has 0 bridgehead atoms. The smallest absolute Gasteiger partial charge is 0.303 e. The van der Waals surface area contributed by atoms with Gasteiger partial charge in [0.1, 0.15) is 31.4 Å². The normalized spacial score (nSPS) is 22.7. The Bertz CT molecular complexity index is 2640. The molecule has 0 radical (unpaired) electrons. The van der Waals surface area contributed by atoms with Gasteiger partial charge in [0.15, 0.2) is 35.3 Å². The molecule has 4 aromatic carbocycles. The Morgan fingerprint density at radius 3 is 2.16 bits per heavy atom. The molecule has 8 rings (SSSR count). The van der Waals surface area contributed by atoms with E-state index in [0.29, 0.717) is 22.3 Å². The molecule has 0 saturated carbocycles. The monoisotopic (exact) mass is 789 g/mol. The summed E-state index contributed by atoms with van der Waals surface area (Å²) in [6, 6.07) is 19.1. The summed E-state index contributed by atoms with van der Waals surface area (Å²) < 4.78 is 36.4. The van der Waals surface area contributed by atoms with Crippen LogP contribution in [-0.2, 0) is 52.4 Å². The maximum Gasteiger partial charge on any atom is 0.303 e. The van der Waals surface area contributed by atoms with Gasteiger partial charge in [-0.3, -0.25) is 28.5 Å². The number of ether oxygens (including phenoxy) is 6. The van der Waals surface area contributed by atoms with Crippen LogP contribution >= 0.6 is 0 Å². The number of nitrogens with one attached hydrogen (secondary N) is 1. The van der Waals surface area contributed by atoms with Gasteiger partial charge in [-0.1, -0.05) is 48.5 Å². The predicted octanol–water partition coefficient (Wildman–Crippen LogP) is 5.70. The van der Waals surface area contributed by atoms with E-state index >= 15 is 0 Å². The summed E-state index contributed by atoms with van der Waals surface area (Å²) in [5.74, 6) is -2.77. The highest BCUT2D eigenvalue weighted by Crippen LogP contribution is 2.47. The van der Waals surface area contributed by atoms with Crippen LogP contribution < -0.4 is 5.32 Å². The van der Waals surface area contributed by atoms with Crippen LogP contribution in [0.25, 0.3) is 43.5 Å². The fraction of sp³-hybridized carbons (Fsp3) is 0.333. The number of aromatic nitrogens is 4. The largest absolute Gasteiger partial charge is 0.463 e. The summed E-state index contributed by atoms with van der Waals surface area (Å²) in [7, 11) is 0. The van der Waals surface area contributed by atoms with E-state index in [1.807, 2.05) is 36.4 Å². The fourth-order valence-corrected chi connectivity index (χ4v) is 8.15. The van der Waals surface area contributed by atoms with E-state index in [4.69, 9.17) is 28.4 Å². The number of hydrogen-bond donors (Lipinski definition) is 1. The Morgan fingerprint density at radius 2 is 1.41 bits per heavy atom. The Kier molecular flexibility index (Phi) is 10.1. The molecule has 298 valence electrons. The molecule has 7 atom stereocenters. The summed E-state index contributed by atoms with van der Waals surface area (Å²) in [6.07, 6.45) is -2.80. The summed E-state index contributed by atoms with van der Waals surface area (Å²) in [5.41, 5.74) is 1.81. The first-order valence-corrected chi connectivity index (χ1v) is 18.7. The minimum absolute atomic E-state index is 0.131. The van der Waals surface area contributed by atoms with Crippen molar-refractivity contribution in [3.8, 4) is 0 Å². The van der Waals surface area contributed by atoms with Gasteiger partial charge < -0.3 is 33.7 Å². The molecular weight excluding hydrogens is 750 g/mol. The number of anilines is 1. The summed E-state index contributed by atoms with van der Waals surface area (Å²) >= 11 is 0. The number of hydrogen-bond acceptors (Lipinski definition) is 15. The molecule has 3 heterocycles. The molecule has 1 fully saturated rings. The summed E-state index contributed by atoms with van der Waals surface area (Å²) in [4.78, 5) is 75.6. The van der Waals surface area contributed by atoms with E-state index in [-0.39, 0.29) is 18.8 Å². The van der Waals surface area contributed by atoms with Gasteiger partial charge in [0.05, 0.1) is 12.4 Å². The van der Waals surface area contributed by atoms with Crippen molar-refractivity contribution in [1.29, 1.82) is 0 Å². The van der Waals surface area contributed by atoms with Crippen LogP contribution in [0.5, 0.6) is 0 Å². The molecule has 16 heteroatoms. The number of esters is 5. The number of rotatable bonds is 9. The maximum absolute atomic E-state index is 12.9. The highest BCUT2D eigenvalue weighted by Gasteiger charge is 2.50. The van der Waals surface area contributed by atoms with Gasteiger partial charge in [0.2, 0.25) is 0 Å². The lowest BCUT2D eigenvalue weighted by molar-refractivity contribution is -0.187. The molecule has 58 heavy (non-hydrogen) atoms. The van der Waals surface area contributed by atoms with Gasteiger partial charge in [-0.05, 0) is 50.0 Å². The zero-order valence-corrected chi connectivity index (χ0v) is 32.2. The van der Waals surface area contributed by atoms with Crippen molar-refractivity contribution < 1.29 is 52.4 Å². The second kappa shape index (κ2) is 15.3. The topological polar surface area (TPSA) is 196 Å². The standard InChI is InChI=1S/C42H39N5O11/c1-20(48)53-17-33-32(54-21(2)49)16-34(58-33)47-19-45-37-41(43-18-44-42(37)47)46-36-35-29(38(55-22(3)50)40(57-24(5)52)39(36)56-23(4)51)13-12-27-14-26-11-10-25-8-6-7-9-28(25)30(26)15-31(27)35/h6-15,18-19,32-34,36,38-40H,16-17H2,1-5H3,(H,43,44,46)/t32-,33+,34+,36+,38-,39+,40+/m1/s1. The fourth-order valence-electron chi connectivity index (χ4n) is 8.15. The molecule has 2 aromatic heterocycles. The van der Waals surface area contributed by atoms with Crippen molar-refractivity contribution in [1.82, 2.24) is 19.5 Å². The number of nitrogens with zero attached hydrogens (tertiary/aromatic N) is 4. The van der Waals surface area contributed by atoms with Gasteiger partial charge >= 0.3 is 29.8 Å². The van der Waals surface area contributed by atoms with Crippen LogP contribution in [0.15, 0.2) is 73.3 Å². The molecular formula is C42H39N5O11. The predicted molar refractivity (Wildman–Crippen MR) is 207 cm³/mol. The Balaban J connectivity index is 1.29. The van der Waals surface area contributed by atoms with Crippen molar-refractivity contribution in [2.24, 2.45) is 0 Å². The SMILES string of the molecule is CC(=O)OC[C@@H]1O[C@H](n2cnc3c(N[C@H]4c5c(ccc6cc7ccc8ccccc8c7cc56)[C@@H](OC(C)=O)[C@H](OC(C)=O)[C@H]4OC(C)=O)ncnc32)C[C@H]1OC(C)=O. The van der Waals surface area contributed by atoms with E-state index in [0.717, 1.165) is 32.3 Å². The Hall–Kier alpha value is -6.68. The lowest BCUT2D eigenvalue weighted by atomic mass is 9.78. The Morgan fingerprint density at radius 1 is 0.724 bits per heavy atom. The van der Waals surface area contributed by atoms with Crippen LogP contribution in [0.3, 0.4) is 0 Å². The molecule has 2 aliphatic rings. The lowest BCUT2D eigenvalue weighted by Crippen LogP contribution is -2.49. The second-order valence-electron chi connectivity index (χ2n) is 14.3. The third-order valence-electron chi connectivity index (χ3n) is 10.3. The first-order valence-electron chi connectivity index (χ1n) is 18.7. The van der Waals surface area contributed by atoms with Gasteiger partial charge in [-0.2, -0.15) is 0 Å². The van der Waals surface area contributed by atoms with Crippen molar-refractivity contribution in [2.45, 2.75) is 83.8 Å². The third kappa shape index (κ3) is 7.22. The van der Waals surface area contributed by atoms with Gasteiger partial charge in [-0.15, -0.1) is 0 Å². The zero-order valence-electron chi connectivity index (χ0n) is 32.2. The van der Waals surface area contributed by atoms with Crippen LogP contribution in [-0.4, -0.2) is 80.4 Å². The molecule has 1 saturated heterocycles. The van der Waals surface area contributed by atoms with E-state index in [2.05, 4.69) is 44.5 Å². The average Bonchev–Trinajstić information content (AvgIpc) is 3.79. The summed E-state index contributed by atoms with van der Waals surface area (Å²) in [6.45, 7) is 6.15. The average molecular weight is 790 g/mol. The van der Waals surface area contributed by atoms with Gasteiger partial charge in [0, 0.05) is 46.6 Å². The number of benzene rings is 4. The van der Waals surface area contributed by atoms with E-state index in [1.54, 1.807) is 4.57 Å². The number of fused-ring (bicyclic) bond motifs is 7. The molecule has 0 spiro atoms. The van der Waals surface area contributed by atoms with Gasteiger partial charge in [0.25, 0.3) is 0 Å². The first kappa shape index (κ1) is 38.2. The van der Waals surface area contributed by atoms with Crippen molar-refractivity contribution in [2.75, 3.05) is 11.9 Å². The van der Waals surface area contributed by atoms with Crippen molar-refractivity contribution in [3.05, 3.63) is 84.4 Å². The van der Waals surface area contributed by atoms with E-state index in [1.165, 1.54) is 47.3 Å². The minimum Gasteiger partial charge on any atom is -0.463 e. The molecule has 0 amide bonds. The number of carbonyl (C=O) groups excluding carboxylic acids is 5. The van der Waals surface area contributed by atoms with Crippen molar-refractivity contribution >= 4 is 79.1 Å². The Labute approximate surface area is 330 Å². The number of imidazole rings is 1. The number of carbonyl (C=O) groups is 5. The zero-order chi connectivity index (χ0) is 40.8. The highest BCUT2D eigenvalue weighted by molar-refractivity contribution is 6.12. The van der Waals surface area contributed by atoms with Crippen LogP contribution in [0.2, 0.25) is 0 Å². The molecule has 16 nitrogen and oxygen atoms in total. The van der Waals surface area contributed by atoms with Crippen LogP contribution in [0.1, 0.15) is 70.5 Å². The molecule has 1 aliphatic carbocycles. The quantitative estimate of drug-likeness (QED) is 0.0810.